The first-order valence-corrected chi connectivity index (χ1v) is 9.69. The molecule has 2 aliphatic heterocycles. The first-order chi connectivity index (χ1) is 12.0. The van der Waals surface area contributed by atoms with Gasteiger partial charge in [0.2, 0.25) is 5.89 Å². The molecule has 2 saturated heterocycles. The SMILES string of the molecule is CC(C)CN1CCN(Cc2nc(C(=O)N3CCC(C)CC3)co2)CC1. The van der Waals surface area contributed by atoms with Gasteiger partial charge in [-0.1, -0.05) is 20.8 Å². The maximum absolute atomic E-state index is 12.5. The molecule has 3 heterocycles. The third-order valence-electron chi connectivity index (χ3n) is 5.29. The minimum atomic E-state index is 0.0173. The van der Waals surface area contributed by atoms with E-state index in [1.807, 2.05) is 4.90 Å². The van der Waals surface area contributed by atoms with Crippen molar-refractivity contribution >= 4 is 5.91 Å². The third kappa shape index (κ3) is 5.05. The number of carbonyl (C=O) groups excluding carboxylic acids is 1. The second kappa shape index (κ2) is 8.32. The minimum absolute atomic E-state index is 0.0173. The van der Waals surface area contributed by atoms with E-state index >= 15 is 0 Å². The molecule has 0 saturated carbocycles. The van der Waals surface area contributed by atoms with Crippen LogP contribution < -0.4 is 0 Å². The zero-order chi connectivity index (χ0) is 17.8. The van der Waals surface area contributed by atoms with Crippen molar-refractivity contribution in [3.05, 3.63) is 17.8 Å². The fraction of sp³-hybridized carbons (Fsp3) is 0.789. The van der Waals surface area contributed by atoms with E-state index in [1.54, 1.807) is 0 Å². The normalized spacial score (nSPS) is 21.2. The topological polar surface area (TPSA) is 52.8 Å². The molecule has 0 aromatic carbocycles. The fourth-order valence-electron chi connectivity index (χ4n) is 3.69. The fourth-order valence-corrected chi connectivity index (χ4v) is 3.69. The molecular weight excluding hydrogens is 316 g/mol. The van der Waals surface area contributed by atoms with E-state index in [0.29, 0.717) is 30.0 Å². The molecule has 2 fully saturated rings. The second-order valence-electron chi connectivity index (χ2n) is 8.07. The van der Waals surface area contributed by atoms with Gasteiger partial charge >= 0.3 is 0 Å². The highest BCUT2D eigenvalue weighted by molar-refractivity contribution is 5.92. The minimum Gasteiger partial charge on any atom is -0.447 e. The van der Waals surface area contributed by atoms with Gasteiger partial charge in [-0.25, -0.2) is 4.98 Å². The number of hydrogen-bond acceptors (Lipinski definition) is 5. The molecule has 0 aliphatic carbocycles. The second-order valence-corrected chi connectivity index (χ2v) is 8.07. The van der Waals surface area contributed by atoms with Gasteiger partial charge in [0.15, 0.2) is 5.69 Å². The third-order valence-corrected chi connectivity index (χ3v) is 5.29. The Morgan fingerprint density at radius 2 is 1.80 bits per heavy atom. The molecule has 0 radical (unpaired) electrons. The summed E-state index contributed by atoms with van der Waals surface area (Å²) in [6.45, 7) is 14.6. The largest absolute Gasteiger partial charge is 0.447 e. The Morgan fingerprint density at radius 1 is 1.16 bits per heavy atom. The van der Waals surface area contributed by atoms with E-state index in [4.69, 9.17) is 4.42 Å². The summed E-state index contributed by atoms with van der Waals surface area (Å²) in [6, 6.07) is 0. The highest BCUT2D eigenvalue weighted by atomic mass is 16.3. The molecule has 0 N–H and O–H groups in total. The van der Waals surface area contributed by atoms with Crippen molar-refractivity contribution in [2.45, 2.75) is 40.2 Å². The Bertz CT molecular complexity index is 556. The summed E-state index contributed by atoms with van der Waals surface area (Å²) in [5.74, 6) is 2.10. The first kappa shape index (κ1) is 18.4. The summed E-state index contributed by atoms with van der Waals surface area (Å²) in [7, 11) is 0. The van der Waals surface area contributed by atoms with Gasteiger partial charge in [0.05, 0.1) is 6.54 Å². The van der Waals surface area contributed by atoms with Gasteiger partial charge in [-0.15, -0.1) is 0 Å². The molecule has 0 bridgehead atoms. The van der Waals surface area contributed by atoms with E-state index in [2.05, 4.69) is 35.6 Å². The quantitative estimate of drug-likeness (QED) is 0.817. The van der Waals surface area contributed by atoms with E-state index in [-0.39, 0.29) is 5.91 Å². The molecule has 1 aromatic heterocycles. The summed E-state index contributed by atoms with van der Waals surface area (Å²) in [4.78, 5) is 23.8. The number of hydrogen-bond donors (Lipinski definition) is 0. The van der Waals surface area contributed by atoms with Gasteiger partial charge in [-0.05, 0) is 24.7 Å². The van der Waals surface area contributed by atoms with Crippen molar-refractivity contribution in [3.63, 3.8) is 0 Å². The summed E-state index contributed by atoms with van der Waals surface area (Å²) >= 11 is 0. The molecule has 6 nitrogen and oxygen atoms in total. The molecule has 25 heavy (non-hydrogen) atoms. The van der Waals surface area contributed by atoms with Crippen LogP contribution in [0.3, 0.4) is 0 Å². The molecule has 1 amide bonds. The Kier molecular flexibility index (Phi) is 6.12. The van der Waals surface area contributed by atoms with Gasteiger partial charge in [0, 0.05) is 45.8 Å². The molecule has 1 aromatic rings. The summed E-state index contributed by atoms with van der Waals surface area (Å²) in [5.41, 5.74) is 0.461. The summed E-state index contributed by atoms with van der Waals surface area (Å²) in [6.07, 6.45) is 3.69. The van der Waals surface area contributed by atoms with Crippen LogP contribution in [0.15, 0.2) is 10.7 Å². The average molecular weight is 348 g/mol. The van der Waals surface area contributed by atoms with Crippen molar-refractivity contribution in [3.8, 4) is 0 Å². The number of nitrogens with zero attached hydrogens (tertiary/aromatic N) is 4. The maximum atomic E-state index is 12.5. The number of rotatable bonds is 5. The molecule has 3 rings (SSSR count). The average Bonchev–Trinajstić information content (AvgIpc) is 3.05. The van der Waals surface area contributed by atoms with E-state index < -0.39 is 0 Å². The molecule has 140 valence electrons. The number of likely N-dealkylation sites (tertiary alicyclic amines) is 1. The number of amides is 1. The molecule has 6 heteroatoms. The Hall–Kier alpha value is -1.40. The van der Waals surface area contributed by atoms with Crippen molar-refractivity contribution in [2.75, 3.05) is 45.8 Å². The lowest BCUT2D eigenvalue weighted by atomic mass is 9.99. The molecule has 0 unspecified atom stereocenters. The van der Waals surface area contributed by atoms with Gasteiger partial charge in [0.25, 0.3) is 5.91 Å². The zero-order valence-electron chi connectivity index (χ0n) is 15.9. The monoisotopic (exact) mass is 348 g/mol. The maximum Gasteiger partial charge on any atom is 0.275 e. The van der Waals surface area contributed by atoms with Gasteiger partial charge < -0.3 is 14.2 Å². The Morgan fingerprint density at radius 3 is 2.44 bits per heavy atom. The van der Waals surface area contributed by atoms with Crippen LogP contribution in [0.25, 0.3) is 0 Å². The highest BCUT2D eigenvalue weighted by Crippen LogP contribution is 2.18. The molecule has 2 aliphatic rings. The number of piperazine rings is 1. The highest BCUT2D eigenvalue weighted by Gasteiger charge is 2.25. The van der Waals surface area contributed by atoms with Crippen LogP contribution in [0.4, 0.5) is 0 Å². The number of aromatic nitrogens is 1. The van der Waals surface area contributed by atoms with E-state index in [0.717, 1.165) is 52.1 Å². The smallest absolute Gasteiger partial charge is 0.275 e. The Balaban J connectivity index is 1.48. The van der Waals surface area contributed by atoms with Crippen LogP contribution in [0.2, 0.25) is 0 Å². The number of carbonyl (C=O) groups is 1. The zero-order valence-corrected chi connectivity index (χ0v) is 15.9. The predicted molar refractivity (Wildman–Crippen MR) is 97.4 cm³/mol. The standard InChI is InChI=1S/C19H32N4O2/c1-15(2)12-21-8-10-22(11-9-21)13-18-20-17(14-25-18)19(24)23-6-4-16(3)5-7-23/h14-16H,4-13H2,1-3H3. The summed E-state index contributed by atoms with van der Waals surface area (Å²) < 4.78 is 5.58. The molecular formula is C19H32N4O2. The van der Waals surface area contributed by atoms with Gasteiger partial charge in [0.1, 0.15) is 6.26 Å². The van der Waals surface area contributed by atoms with Crippen molar-refractivity contribution < 1.29 is 9.21 Å². The van der Waals surface area contributed by atoms with Gasteiger partial charge in [-0.3, -0.25) is 9.69 Å². The Labute approximate surface area is 151 Å². The van der Waals surface area contributed by atoms with E-state index in [9.17, 15) is 4.79 Å². The van der Waals surface area contributed by atoms with Crippen molar-refractivity contribution in [1.82, 2.24) is 19.7 Å². The van der Waals surface area contributed by atoms with Crippen LogP contribution in [0.1, 0.15) is 50.0 Å². The van der Waals surface area contributed by atoms with Crippen LogP contribution in [-0.4, -0.2) is 71.4 Å². The van der Waals surface area contributed by atoms with Gasteiger partial charge in [-0.2, -0.15) is 0 Å². The van der Waals surface area contributed by atoms with Crippen LogP contribution in [-0.2, 0) is 6.54 Å². The lowest BCUT2D eigenvalue weighted by Gasteiger charge is -2.34. The first-order valence-electron chi connectivity index (χ1n) is 9.69. The lowest BCUT2D eigenvalue weighted by Crippen LogP contribution is -2.46. The van der Waals surface area contributed by atoms with Crippen molar-refractivity contribution in [2.24, 2.45) is 11.8 Å². The molecule has 0 spiro atoms. The van der Waals surface area contributed by atoms with Crippen molar-refractivity contribution in [1.29, 1.82) is 0 Å². The number of piperidine rings is 1. The molecule has 0 atom stereocenters. The lowest BCUT2D eigenvalue weighted by molar-refractivity contribution is 0.0691. The predicted octanol–water partition coefficient (Wildman–Crippen LogP) is 2.32. The number of oxazole rings is 1. The van der Waals surface area contributed by atoms with E-state index in [1.165, 1.54) is 12.8 Å². The summed E-state index contributed by atoms with van der Waals surface area (Å²) in [5, 5.41) is 0. The van der Waals surface area contributed by atoms with Crippen LogP contribution in [0.5, 0.6) is 0 Å². The van der Waals surface area contributed by atoms with Crippen LogP contribution in [0, 0.1) is 11.8 Å². The van der Waals surface area contributed by atoms with Crippen LogP contribution >= 0.6 is 0 Å².